The first-order valence-electron chi connectivity index (χ1n) is 4.55. The number of hydrogen-bond donors (Lipinski definition) is 1. The van der Waals surface area contributed by atoms with Crippen molar-refractivity contribution in [2.24, 2.45) is 5.92 Å². The van der Waals surface area contributed by atoms with Crippen molar-refractivity contribution in [3.8, 4) is 0 Å². The van der Waals surface area contributed by atoms with Crippen molar-refractivity contribution in [2.45, 2.75) is 39.2 Å². The molecule has 0 aliphatic heterocycles. The lowest BCUT2D eigenvalue weighted by Crippen LogP contribution is -2.43. The van der Waals surface area contributed by atoms with Gasteiger partial charge < -0.3 is 9.84 Å². The van der Waals surface area contributed by atoms with Crippen molar-refractivity contribution < 1.29 is 23.4 Å². The molecule has 5 heteroatoms. The van der Waals surface area contributed by atoms with Gasteiger partial charge in [-0.25, -0.2) is 4.79 Å². The summed E-state index contributed by atoms with van der Waals surface area (Å²) in [5.74, 6) is -5.57. The molecule has 0 radical (unpaired) electrons. The summed E-state index contributed by atoms with van der Waals surface area (Å²) >= 11 is 0. The van der Waals surface area contributed by atoms with Crippen LogP contribution in [-0.2, 0) is 9.53 Å². The Morgan fingerprint density at radius 2 is 2.00 bits per heavy atom. The summed E-state index contributed by atoms with van der Waals surface area (Å²) in [6, 6.07) is 0. The number of aliphatic hydroxyl groups is 1. The van der Waals surface area contributed by atoms with Gasteiger partial charge in [-0.05, 0) is 19.3 Å². The standard InChI is InChI=1S/C9H16F2O3/c1-4-14-8(13)9(10,11)7(12)5-6(2)3/h6-7,12H,4-5H2,1-3H3. The summed E-state index contributed by atoms with van der Waals surface area (Å²) in [5.41, 5.74) is 0. The van der Waals surface area contributed by atoms with Crippen LogP contribution in [0.3, 0.4) is 0 Å². The van der Waals surface area contributed by atoms with Crippen LogP contribution in [0.15, 0.2) is 0 Å². The molecule has 0 saturated heterocycles. The number of hydrogen-bond acceptors (Lipinski definition) is 3. The maximum Gasteiger partial charge on any atom is 0.379 e. The number of halogens is 2. The van der Waals surface area contributed by atoms with Crippen molar-refractivity contribution in [1.29, 1.82) is 0 Å². The Hall–Kier alpha value is -0.710. The normalized spacial score (nSPS) is 14.2. The van der Waals surface area contributed by atoms with Gasteiger partial charge in [-0.1, -0.05) is 13.8 Å². The molecule has 1 atom stereocenters. The highest BCUT2D eigenvalue weighted by Gasteiger charge is 2.48. The van der Waals surface area contributed by atoms with Gasteiger partial charge in [0.05, 0.1) is 6.61 Å². The van der Waals surface area contributed by atoms with Crippen LogP contribution in [-0.4, -0.2) is 29.7 Å². The lowest BCUT2D eigenvalue weighted by Gasteiger charge is -2.21. The minimum Gasteiger partial charge on any atom is -0.461 e. The van der Waals surface area contributed by atoms with E-state index in [4.69, 9.17) is 5.11 Å². The van der Waals surface area contributed by atoms with E-state index in [0.717, 1.165) is 0 Å². The van der Waals surface area contributed by atoms with E-state index in [2.05, 4.69) is 4.74 Å². The molecule has 0 heterocycles. The van der Waals surface area contributed by atoms with E-state index in [0.29, 0.717) is 0 Å². The molecule has 0 aromatic heterocycles. The van der Waals surface area contributed by atoms with Gasteiger partial charge in [0.2, 0.25) is 0 Å². The van der Waals surface area contributed by atoms with Gasteiger partial charge >= 0.3 is 11.9 Å². The van der Waals surface area contributed by atoms with Gasteiger partial charge in [0.1, 0.15) is 6.10 Å². The second-order valence-electron chi connectivity index (χ2n) is 3.49. The first-order chi connectivity index (χ1) is 6.32. The fourth-order valence-corrected chi connectivity index (χ4v) is 0.958. The molecule has 0 aromatic rings. The Morgan fingerprint density at radius 3 is 2.36 bits per heavy atom. The van der Waals surface area contributed by atoms with E-state index in [1.54, 1.807) is 13.8 Å². The van der Waals surface area contributed by atoms with Crippen LogP contribution >= 0.6 is 0 Å². The van der Waals surface area contributed by atoms with Gasteiger partial charge in [-0.3, -0.25) is 0 Å². The van der Waals surface area contributed by atoms with Crippen LogP contribution in [0.1, 0.15) is 27.2 Å². The molecule has 1 N–H and O–H groups in total. The largest absolute Gasteiger partial charge is 0.461 e. The summed E-state index contributed by atoms with van der Waals surface area (Å²) in [6.45, 7) is 4.68. The molecule has 0 aliphatic carbocycles. The fraction of sp³-hybridized carbons (Fsp3) is 0.889. The van der Waals surface area contributed by atoms with E-state index in [1.165, 1.54) is 6.92 Å². The van der Waals surface area contributed by atoms with Gasteiger partial charge in [0.25, 0.3) is 0 Å². The molecule has 14 heavy (non-hydrogen) atoms. The zero-order valence-electron chi connectivity index (χ0n) is 8.59. The van der Waals surface area contributed by atoms with E-state index in [-0.39, 0.29) is 18.9 Å². The highest BCUT2D eigenvalue weighted by Crippen LogP contribution is 2.25. The molecule has 0 aromatic carbocycles. The van der Waals surface area contributed by atoms with Crippen LogP contribution in [0, 0.1) is 5.92 Å². The molecule has 84 valence electrons. The topological polar surface area (TPSA) is 46.5 Å². The van der Waals surface area contributed by atoms with Crippen molar-refractivity contribution in [3.63, 3.8) is 0 Å². The molecule has 0 fully saturated rings. The first-order valence-corrected chi connectivity index (χ1v) is 4.55. The third kappa shape index (κ3) is 3.57. The van der Waals surface area contributed by atoms with Gasteiger partial charge in [0.15, 0.2) is 0 Å². The van der Waals surface area contributed by atoms with Crippen LogP contribution < -0.4 is 0 Å². The second-order valence-corrected chi connectivity index (χ2v) is 3.49. The maximum atomic E-state index is 13.0. The first kappa shape index (κ1) is 13.3. The van der Waals surface area contributed by atoms with Crippen molar-refractivity contribution in [1.82, 2.24) is 0 Å². The molecule has 0 aliphatic rings. The second kappa shape index (κ2) is 5.24. The predicted molar refractivity (Wildman–Crippen MR) is 47.0 cm³/mol. The number of rotatable bonds is 5. The highest BCUT2D eigenvalue weighted by molar-refractivity contribution is 5.78. The highest BCUT2D eigenvalue weighted by atomic mass is 19.3. The van der Waals surface area contributed by atoms with Crippen LogP contribution in [0.25, 0.3) is 0 Å². The molecule has 3 nitrogen and oxygen atoms in total. The fourth-order valence-electron chi connectivity index (χ4n) is 0.958. The predicted octanol–water partition coefficient (Wildman–Crippen LogP) is 1.59. The van der Waals surface area contributed by atoms with Crippen LogP contribution in [0.4, 0.5) is 8.78 Å². The number of esters is 1. The Kier molecular flexibility index (Phi) is 4.97. The third-order valence-corrected chi connectivity index (χ3v) is 1.66. The number of carbonyl (C=O) groups excluding carboxylic acids is 1. The van der Waals surface area contributed by atoms with E-state index in [9.17, 15) is 13.6 Å². The Labute approximate surface area is 82.1 Å². The Morgan fingerprint density at radius 1 is 1.50 bits per heavy atom. The molecule has 0 spiro atoms. The molecule has 0 saturated carbocycles. The number of aliphatic hydroxyl groups excluding tert-OH is 1. The number of carbonyl (C=O) groups is 1. The summed E-state index contributed by atoms with van der Waals surface area (Å²) in [5, 5.41) is 9.09. The average molecular weight is 210 g/mol. The lowest BCUT2D eigenvalue weighted by atomic mass is 10.0. The van der Waals surface area contributed by atoms with Gasteiger partial charge in [-0.15, -0.1) is 0 Å². The van der Waals surface area contributed by atoms with Crippen molar-refractivity contribution in [3.05, 3.63) is 0 Å². The zero-order chi connectivity index (χ0) is 11.4. The zero-order valence-corrected chi connectivity index (χ0v) is 8.59. The Bertz CT molecular complexity index is 192. The molecular formula is C9H16F2O3. The molecule has 1 unspecified atom stereocenters. The Balaban J connectivity index is 4.35. The molecule has 0 rings (SSSR count). The summed E-state index contributed by atoms with van der Waals surface area (Å²) in [7, 11) is 0. The van der Waals surface area contributed by atoms with Gasteiger partial charge in [-0.2, -0.15) is 8.78 Å². The molecular weight excluding hydrogens is 194 g/mol. The number of ether oxygens (including phenoxy) is 1. The SMILES string of the molecule is CCOC(=O)C(F)(F)C(O)CC(C)C. The number of alkyl halides is 2. The van der Waals surface area contributed by atoms with Crippen LogP contribution in [0.5, 0.6) is 0 Å². The third-order valence-electron chi connectivity index (χ3n) is 1.66. The minimum absolute atomic E-state index is 0.106. The van der Waals surface area contributed by atoms with Crippen molar-refractivity contribution in [2.75, 3.05) is 6.61 Å². The van der Waals surface area contributed by atoms with Crippen molar-refractivity contribution >= 4 is 5.97 Å². The van der Waals surface area contributed by atoms with E-state index >= 15 is 0 Å². The molecule has 0 amide bonds. The van der Waals surface area contributed by atoms with E-state index in [1.807, 2.05) is 0 Å². The monoisotopic (exact) mass is 210 g/mol. The van der Waals surface area contributed by atoms with Crippen LogP contribution in [0.2, 0.25) is 0 Å². The smallest absolute Gasteiger partial charge is 0.379 e. The summed E-state index contributed by atoms with van der Waals surface area (Å²) < 4.78 is 30.2. The maximum absolute atomic E-state index is 13.0. The van der Waals surface area contributed by atoms with Gasteiger partial charge in [0, 0.05) is 0 Å². The average Bonchev–Trinajstić information content (AvgIpc) is 2.03. The summed E-state index contributed by atoms with van der Waals surface area (Å²) in [4.78, 5) is 10.8. The summed E-state index contributed by atoms with van der Waals surface area (Å²) in [6.07, 6.45) is -2.10. The molecule has 0 bridgehead atoms. The lowest BCUT2D eigenvalue weighted by molar-refractivity contribution is -0.189. The quantitative estimate of drug-likeness (QED) is 0.701. The van der Waals surface area contributed by atoms with E-state index < -0.39 is 18.0 Å². The minimum atomic E-state index is -3.81.